The highest BCUT2D eigenvalue weighted by Crippen LogP contribution is 2.26. The average Bonchev–Trinajstić information content (AvgIpc) is 2.96. The van der Waals surface area contributed by atoms with Crippen molar-refractivity contribution >= 4 is 11.7 Å². The molecule has 0 radical (unpaired) electrons. The van der Waals surface area contributed by atoms with Crippen molar-refractivity contribution in [1.29, 1.82) is 0 Å². The maximum atomic E-state index is 12.5. The monoisotopic (exact) mass is 314 g/mol. The van der Waals surface area contributed by atoms with Gasteiger partial charge in [0, 0.05) is 38.5 Å². The van der Waals surface area contributed by atoms with E-state index in [1.165, 1.54) is 0 Å². The normalized spacial score (nSPS) is 15.7. The lowest BCUT2D eigenvalue weighted by Crippen LogP contribution is -2.41. The molecule has 1 aliphatic heterocycles. The molecule has 0 aliphatic carbocycles. The Kier molecular flexibility index (Phi) is 4.62. The van der Waals surface area contributed by atoms with Crippen LogP contribution in [-0.4, -0.2) is 45.5 Å². The van der Waals surface area contributed by atoms with E-state index in [0.29, 0.717) is 24.7 Å². The fraction of sp³-hybridized carbons (Fsp3) is 0.412. The highest BCUT2D eigenvalue weighted by molar-refractivity contribution is 5.93. The second kappa shape index (κ2) is 6.83. The number of aliphatic hydroxyl groups excluding tert-OH is 1. The number of hydrogen-bond acceptors (Lipinski definition) is 3. The molecule has 6 nitrogen and oxygen atoms in total. The van der Waals surface area contributed by atoms with Crippen LogP contribution in [0, 0.1) is 5.92 Å². The number of amides is 2. The Balaban J connectivity index is 1.72. The fourth-order valence-corrected chi connectivity index (χ4v) is 2.90. The Labute approximate surface area is 135 Å². The number of urea groups is 1. The van der Waals surface area contributed by atoms with Gasteiger partial charge >= 0.3 is 6.03 Å². The third-order valence-corrected chi connectivity index (χ3v) is 4.28. The highest BCUT2D eigenvalue weighted by Gasteiger charge is 2.23. The van der Waals surface area contributed by atoms with Gasteiger partial charge in [0.05, 0.1) is 5.69 Å². The van der Waals surface area contributed by atoms with Crippen LogP contribution in [0.5, 0.6) is 0 Å². The zero-order valence-electron chi connectivity index (χ0n) is 13.3. The Hall–Kier alpha value is -2.34. The summed E-state index contributed by atoms with van der Waals surface area (Å²) in [5.41, 5.74) is 2.46. The number of aryl methyl sites for hydroxylation is 1. The quantitative estimate of drug-likeness (QED) is 0.913. The Morgan fingerprint density at radius 1 is 1.30 bits per heavy atom. The number of rotatable bonds is 3. The Morgan fingerprint density at radius 2 is 2.00 bits per heavy atom. The molecule has 3 rings (SSSR count). The molecule has 23 heavy (non-hydrogen) atoms. The number of benzene rings is 1. The predicted molar refractivity (Wildman–Crippen MR) is 89.0 cm³/mol. The second-order valence-corrected chi connectivity index (χ2v) is 5.97. The van der Waals surface area contributed by atoms with Gasteiger partial charge in [-0.2, -0.15) is 5.10 Å². The smallest absolute Gasteiger partial charge is 0.321 e. The molecular weight excluding hydrogens is 292 g/mol. The summed E-state index contributed by atoms with van der Waals surface area (Å²) < 4.78 is 1.70. The van der Waals surface area contributed by atoms with Gasteiger partial charge in [0.15, 0.2) is 0 Å². The Bertz CT molecular complexity index is 660. The third-order valence-electron chi connectivity index (χ3n) is 4.28. The van der Waals surface area contributed by atoms with E-state index in [9.17, 15) is 9.90 Å². The molecule has 0 spiro atoms. The van der Waals surface area contributed by atoms with Gasteiger partial charge in [-0.25, -0.2) is 4.79 Å². The molecule has 6 heteroatoms. The van der Waals surface area contributed by atoms with Gasteiger partial charge in [0.1, 0.15) is 5.69 Å². The van der Waals surface area contributed by atoms with Gasteiger partial charge in [-0.15, -0.1) is 0 Å². The van der Waals surface area contributed by atoms with Crippen LogP contribution >= 0.6 is 0 Å². The summed E-state index contributed by atoms with van der Waals surface area (Å²) in [6.45, 7) is 1.56. The minimum Gasteiger partial charge on any atom is -0.396 e. The molecule has 2 amide bonds. The van der Waals surface area contributed by atoms with E-state index in [4.69, 9.17) is 0 Å². The number of aliphatic hydroxyl groups is 1. The molecule has 1 aromatic heterocycles. The van der Waals surface area contributed by atoms with Crippen LogP contribution in [0.4, 0.5) is 10.5 Å². The largest absolute Gasteiger partial charge is 0.396 e. The van der Waals surface area contributed by atoms with E-state index in [0.717, 1.165) is 24.1 Å². The van der Waals surface area contributed by atoms with Crippen LogP contribution in [0.15, 0.2) is 36.5 Å². The van der Waals surface area contributed by atoms with Crippen molar-refractivity contribution in [2.75, 3.05) is 25.0 Å². The van der Waals surface area contributed by atoms with Crippen molar-refractivity contribution in [3.05, 3.63) is 36.5 Å². The van der Waals surface area contributed by atoms with Crippen LogP contribution in [0.1, 0.15) is 12.8 Å². The van der Waals surface area contributed by atoms with Crippen molar-refractivity contribution in [1.82, 2.24) is 14.7 Å². The molecule has 0 atom stereocenters. The van der Waals surface area contributed by atoms with Gasteiger partial charge in [0.25, 0.3) is 0 Å². The van der Waals surface area contributed by atoms with Gasteiger partial charge < -0.3 is 15.3 Å². The molecule has 1 aromatic carbocycles. The van der Waals surface area contributed by atoms with Gasteiger partial charge in [-0.3, -0.25) is 4.68 Å². The molecule has 2 aromatic rings. The van der Waals surface area contributed by atoms with Crippen LogP contribution < -0.4 is 5.32 Å². The summed E-state index contributed by atoms with van der Waals surface area (Å²) in [4.78, 5) is 14.3. The first-order valence-corrected chi connectivity index (χ1v) is 7.93. The molecule has 0 bridgehead atoms. The van der Waals surface area contributed by atoms with Crippen LogP contribution in [0.25, 0.3) is 11.3 Å². The standard InChI is InChI=1S/C17H22N4O2/c1-20-11-15(16(19-20)14-5-3-2-4-6-14)18-17(23)21-9-7-13(12-22)8-10-21/h2-6,11,13,22H,7-10,12H2,1H3,(H,18,23). The van der Waals surface area contributed by atoms with Crippen LogP contribution in [0.2, 0.25) is 0 Å². The number of aromatic nitrogens is 2. The van der Waals surface area contributed by atoms with Crippen LogP contribution in [0.3, 0.4) is 0 Å². The van der Waals surface area contributed by atoms with E-state index in [1.807, 2.05) is 43.6 Å². The highest BCUT2D eigenvalue weighted by atomic mass is 16.3. The summed E-state index contributed by atoms with van der Waals surface area (Å²) >= 11 is 0. The first-order valence-electron chi connectivity index (χ1n) is 7.93. The van der Waals surface area contributed by atoms with Crippen molar-refractivity contribution in [2.24, 2.45) is 13.0 Å². The summed E-state index contributed by atoms with van der Waals surface area (Å²) in [6.07, 6.45) is 3.52. The number of anilines is 1. The van der Waals surface area contributed by atoms with Crippen molar-refractivity contribution in [2.45, 2.75) is 12.8 Å². The zero-order chi connectivity index (χ0) is 16.2. The van der Waals surface area contributed by atoms with Crippen LogP contribution in [-0.2, 0) is 7.05 Å². The van der Waals surface area contributed by atoms with E-state index in [2.05, 4.69) is 10.4 Å². The van der Waals surface area contributed by atoms with E-state index in [1.54, 1.807) is 9.58 Å². The first-order chi connectivity index (χ1) is 11.2. The fourth-order valence-electron chi connectivity index (χ4n) is 2.90. The van der Waals surface area contributed by atoms with E-state index < -0.39 is 0 Å². The third kappa shape index (κ3) is 3.53. The Morgan fingerprint density at radius 3 is 2.65 bits per heavy atom. The van der Waals surface area contributed by atoms with Crippen molar-refractivity contribution in [3.63, 3.8) is 0 Å². The molecule has 1 fully saturated rings. The number of nitrogens with zero attached hydrogens (tertiary/aromatic N) is 3. The lowest BCUT2D eigenvalue weighted by atomic mass is 9.98. The second-order valence-electron chi connectivity index (χ2n) is 5.97. The van der Waals surface area contributed by atoms with Crippen molar-refractivity contribution in [3.8, 4) is 11.3 Å². The molecule has 1 saturated heterocycles. The first kappa shape index (κ1) is 15.6. The van der Waals surface area contributed by atoms with Gasteiger partial charge in [0.2, 0.25) is 0 Å². The number of carbonyl (C=O) groups is 1. The summed E-state index contributed by atoms with van der Waals surface area (Å²) in [6, 6.07) is 9.71. The zero-order valence-corrected chi connectivity index (χ0v) is 13.3. The number of piperidine rings is 1. The maximum Gasteiger partial charge on any atom is 0.321 e. The molecule has 2 heterocycles. The SMILES string of the molecule is Cn1cc(NC(=O)N2CCC(CO)CC2)c(-c2ccccc2)n1. The van der Waals surface area contributed by atoms with E-state index >= 15 is 0 Å². The van der Waals surface area contributed by atoms with Gasteiger partial charge in [-0.05, 0) is 18.8 Å². The number of hydrogen-bond donors (Lipinski definition) is 2. The lowest BCUT2D eigenvalue weighted by molar-refractivity contribution is 0.143. The summed E-state index contributed by atoms with van der Waals surface area (Å²) in [5.74, 6) is 0.317. The predicted octanol–water partition coefficient (Wildman–Crippen LogP) is 2.32. The molecule has 0 unspecified atom stereocenters. The number of carbonyl (C=O) groups excluding carboxylic acids is 1. The van der Waals surface area contributed by atoms with E-state index in [-0.39, 0.29) is 12.6 Å². The number of nitrogens with one attached hydrogen (secondary N) is 1. The maximum absolute atomic E-state index is 12.5. The molecule has 2 N–H and O–H groups in total. The minimum atomic E-state index is -0.105. The summed E-state index contributed by atoms with van der Waals surface area (Å²) in [7, 11) is 1.84. The molecule has 122 valence electrons. The summed E-state index contributed by atoms with van der Waals surface area (Å²) in [5, 5.41) is 16.6. The topological polar surface area (TPSA) is 70.4 Å². The molecule has 1 aliphatic rings. The average molecular weight is 314 g/mol. The molecule has 0 saturated carbocycles. The molecular formula is C17H22N4O2. The number of likely N-dealkylation sites (tertiary alicyclic amines) is 1. The lowest BCUT2D eigenvalue weighted by Gasteiger charge is -2.31. The minimum absolute atomic E-state index is 0.105. The van der Waals surface area contributed by atoms with Crippen molar-refractivity contribution < 1.29 is 9.90 Å². The van der Waals surface area contributed by atoms with Gasteiger partial charge in [-0.1, -0.05) is 30.3 Å².